The van der Waals surface area contributed by atoms with Gasteiger partial charge in [-0.1, -0.05) is 20.8 Å². The zero-order chi connectivity index (χ0) is 22.9. The third-order valence-corrected chi connectivity index (χ3v) is 5.59. The van der Waals surface area contributed by atoms with E-state index in [2.05, 4.69) is 31.0 Å². The molecule has 31 heavy (non-hydrogen) atoms. The number of halogens is 3. The molecule has 1 atom stereocenters. The van der Waals surface area contributed by atoms with Crippen molar-refractivity contribution in [2.45, 2.75) is 71.5 Å². The van der Waals surface area contributed by atoms with Crippen LogP contribution in [0.5, 0.6) is 5.75 Å². The third-order valence-electron chi connectivity index (χ3n) is 5.59. The van der Waals surface area contributed by atoms with Gasteiger partial charge in [0.05, 0.1) is 12.3 Å². The first-order valence-electron chi connectivity index (χ1n) is 11.2. The molecule has 0 bridgehead atoms. The van der Waals surface area contributed by atoms with Crippen molar-refractivity contribution in [1.29, 1.82) is 0 Å². The monoisotopic (exact) mass is 442 g/mol. The predicted molar refractivity (Wildman–Crippen MR) is 120 cm³/mol. The Morgan fingerprint density at radius 2 is 1.94 bits per heavy atom. The highest BCUT2D eigenvalue weighted by Gasteiger charge is 2.27. The number of guanidine groups is 1. The van der Waals surface area contributed by atoms with E-state index in [4.69, 9.17) is 15.5 Å². The van der Waals surface area contributed by atoms with Crippen LogP contribution in [0.4, 0.5) is 18.9 Å². The standard InChI is InChI=1S/C23H37F3N4O/c1-4-19-8-5-6-14-30(19)21(28-17-22(2,3)16-27)29-18-9-11-20(12-10-18)31-15-7-13-23(24,25)26/h9-12,19H,4-8,13-17,27H2,1-3H3,(H,28,29). The largest absolute Gasteiger partial charge is 0.494 e. The Morgan fingerprint density at radius 1 is 1.23 bits per heavy atom. The van der Waals surface area contributed by atoms with Gasteiger partial charge in [0.15, 0.2) is 5.96 Å². The summed E-state index contributed by atoms with van der Waals surface area (Å²) in [6, 6.07) is 7.62. The molecule has 0 aliphatic carbocycles. The molecule has 0 amide bonds. The lowest BCUT2D eigenvalue weighted by Crippen LogP contribution is -2.51. The summed E-state index contributed by atoms with van der Waals surface area (Å²) in [6.45, 7) is 8.74. The average Bonchev–Trinajstić information content (AvgIpc) is 2.74. The van der Waals surface area contributed by atoms with Gasteiger partial charge in [0.25, 0.3) is 0 Å². The van der Waals surface area contributed by atoms with Crippen LogP contribution in [-0.2, 0) is 0 Å². The average molecular weight is 443 g/mol. The summed E-state index contributed by atoms with van der Waals surface area (Å²) in [5, 5.41) is 3.52. The minimum atomic E-state index is -4.14. The lowest BCUT2D eigenvalue weighted by molar-refractivity contribution is -0.136. The van der Waals surface area contributed by atoms with Crippen LogP contribution < -0.4 is 15.8 Å². The lowest BCUT2D eigenvalue weighted by Gasteiger charge is -2.38. The smallest absolute Gasteiger partial charge is 0.389 e. The van der Waals surface area contributed by atoms with E-state index in [-0.39, 0.29) is 18.4 Å². The quantitative estimate of drug-likeness (QED) is 0.312. The van der Waals surface area contributed by atoms with Crippen molar-refractivity contribution in [1.82, 2.24) is 10.2 Å². The van der Waals surface area contributed by atoms with Gasteiger partial charge in [-0.3, -0.25) is 0 Å². The number of nitrogens with two attached hydrogens (primary N) is 1. The van der Waals surface area contributed by atoms with Crippen molar-refractivity contribution in [2.75, 3.05) is 26.2 Å². The summed E-state index contributed by atoms with van der Waals surface area (Å²) in [4.78, 5) is 7.23. The molecule has 1 saturated heterocycles. The molecular weight excluding hydrogens is 405 g/mol. The number of piperidine rings is 1. The summed E-state index contributed by atoms with van der Waals surface area (Å²) in [5.41, 5.74) is 6.62. The molecule has 0 aromatic heterocycles. The molecule has 0 radical (unpaired) electrons. The number of likely N-dealkylation sites (tertiary alicyclic amines) is 1. The number of rotatable bonds is 9. The van der Waals surface area contributed by atoms with E-state index in [9.17, 15) is 13.2 Å². The number of aliphatic imine (C=N–C) groups is 1. The summed E-state index contributed by atoms with van der Waals surface area (Å²) in [7, 11) is 0. The van der Waals surface area contributed by atoms with Crippen LogP contribution in [0.1, 0.15) is 59.3 Å². The summed E-state index contributed by atoms with van der Waals surface area (Å²) in [6.07, 6.45) is -0.443. The second kappa shape index (κ2) is 11.6. The lowest BCUT2D eigenvalue weighted by atomic mass is 9.94. The minimum absolute atomic E-state index is 0.0368. The first kappa shape index (κ1) is 25.3. The highest BCUT2D eigenvalue weighted by Crippen LogP contribution is 2.24. The van der Waals surface area contributed by atoms with Crippen LogP contribution >= 0.6 is 0 Å². The van der Waals surface area contributed by atoms with Crippen LogP contribution in [0.25, 0.3) is 0 Å². The number of hydrogen-bond donors (Lipinski definition) is 2. The number of hydrogen-bond acceptors (Lipinski definition) is 3. The molecule has 1 aromatic rings. The van der Waals surface area contributed by atoms with Crippen LogP contribution in [-0.4, -0.2) is 49.3 Å². The second-order valence-electron chi connectivity index (χ2n) is 8.97. The molecule has 176 valence electrons. The fraction of sp³-hybridized carbons (Fsp3) is 0.696. The van der Waals surface area contributed by atoms with Gasteiger partial charge in [0.2, 0.25) is 0 Å². The molecular formula is C23H37F3N4O. The first-order chi connectivity index (χ1) is 14.6. The molecule has 1 heterocycles. The zero-order valence-corrected chi connectivity index (χ0v) is 19.0. The Kier molecular flexibility index (Phi) is 9.47. The SMILES string of the molecule is CCC1CCCCN1/C(=N\c1ccc(OCCCC(F)(F)F)cc1)NCC(C)(C)CN. The van der Waals surface area contributed by atoms with Crippen LogP contribution in [0.15, 0.2) is 29.3 Å². The van der Waals surface area contributed by atoms with E-state index in [1.54, 1.807) is 12.1 Å². The van der Waals surface area contributed by atoms with Crippen molar-refractivity contribution in [3.8, 4) is 5.75 Å². The van der Waals surface area contributed by atoms with Crippen molar-refractivity contribution < 1.29 is 17.9 Å². The maximum Gasteiger partial charge on any atom is 0.389 e. The third kappa shape index (κ3) is 8.97. The number of benzene rings is 1. The Labute approximate surface area is 184 Å². The van der Waals surface area contributed by atoms with E-state index < -0.39 is 12.6 Å². The number of nitrogens with one attached hydrogen (secondary N) is 1. The molecule has 3 N–H and O–H groups in total. The molecule has 1 aliphatic heterocycles. The fourth-order valence-corrected chi connectivity index (χ4v) is 3.50. The van der Waals surface area contributed by atoms with Gasteiger partial charge in [-0.15, -0.1) is 0 Å². The summed E-state index contributed by atoms with van der Waals surface area (Å²) < 4.78 is 42.1. The van der Waals surface area contributed by atoms with Crippen molar-refractivity contribution in [3.63, 3.8) is 0 Å². The molecule has 1 aliphatic rings. The van der Waals surface area contributed by atoms with Gasteiger partial charge in [-0.05, 0) is 68.3 Å². The van der Waals surface area contributed by atoms with E-state index in [1.807, 2.05) is 12.1 Å². The number of nitrogens with zero attached hydrogens (tertiary/aromatic N) is 2. The molecule has 5 nitrogen and oxygen atoms in total. The molecule has 0 saturated carbocycles. The van der Waals surface area contributed by atoms with Gasteiger partial charge in [-0.2, -0.15) is 13.2 Å². The Balaban J connectivity index is 2.08. The Morgan fingerprint density at radius 3 is 2.55 bits per heavy atom. The number of alkyl halides is 3. The zero-order valence-electron chi connectivity index (χ0n) is 19.0. The summed E-state index contributed by atoms with van der Waals surface area (Å²) >= 11 is 0. The van der Waals surface area contributed by atoms with E-state index in [0.29, 0.717) is 18.3 Å². The predicted octanol–water partition coefficient (Wildman–Crippen LogP) is 5.23. The van der Waals surface area contributed by atoms with Crippen molar-refractivity contribution in [3.05, 3.63) is 24.3 Å². The normalized spacial score (nSPS) is 18.2. The molecule has 2 rings (SSSR count). The molecule has 1 unspecified atom stereocenters. The number of ether oxygens (including phenoxy) is 1. The molecule has 1 aromatic carbocycles. The molecule has 1 fully saturated rings. The Bertz CT molecular complexity index is 689. The maximum absolute atomic E-state index is 12.2. The van der Waals surface area contributed by atoms with Crippen LogP contribution in [0, 0.1) is 5.41 Å². The van der Waals surface area contributed by atoms with Crippen molar-refractivity contribution >= 4 is 11.6 Å². The van der Waals surface area contributed by atoms with E-state index >= 15 is 0 Å². The summed E-state index contributed by atoms with van der Waals surface area (Å²) in [5.74, 6) is 1.40. The molecule has 8 heteroatoms. The highest BCUT2D eigenvalue weighted by molar-refractivity contribution is 5.83. The topological polar surface area (TPSA) is 62.9 Å². The minimum Gasteiger partial charge on any atom is -0.494 e. The van der Waals surface area contributed by atoms with Crippen LogP contribution in [0.2, 0.25) is 0 Å². The van der Waals surface area contributed by atoms with Gasteiger partial charge in [0, 0.05) is 25.6 Å². The second-order valence-corrected chi connectivity index (χ2v) is 8.97. The maximum atomic E-state index is 12.2. The fourth-order valence-electron chi connectivity index (χ4n) is 3.50. The molecule has 0 spiro atoms. The van der Waals surface area contributed by atoms with E-state index in [1.165, 1.54) is 6.42 Å². The van der Waals surface area contributed by atoms with Gasteiger partial charge >= 0.3 is 6.18 Å². The highest BCUT2D eigenvalue weighted by atomic mass is 19.4. The first-order valence-corrected chi connectivity index (χ1v) is 11.2. The van der Waals surface area contributed by atoms with Crippen LogP contribution in [0.3, 0.4) is 0 Å². The van der Waals surface area contributed by atoms with Crippen molar-refractivity contribution in [2.24, 2.45) is 16.1 Å². The van der Waals surface area contributed by atoms with Gasteiger partial charge in [-0.25, -0.2) is 4.99 Å². The Hall–Kier alpha value is -1.96. The van der Waals surface area contributed by atoms with E-state index in [0.717, 1.165) is 44.0 Å². The van der Waals surface area contributed by atoms with Gasteiger partial charge < -0.3 is 20.7 Å². The van der Waals surface area contributed by atoms with Gasteiger partial charge in [0.1, 0.15) is 5.75 Å².